The molecule has 1 aliphatic rings. The maximum Gasteiger partial charge on any atom is 0.330 e. The number of hydrogen-bond acceptors (Lipinski definition) is 8. The van der Waals surface area contributed by atoms with Crippen LogP contribution in [0.15, 0.2) is 101 Å². The molecule has 0 unspecified atom stereocenters. The van der Waals surface area contributed by atoms with Crippen molar-refractivity contribution >= 4 is 6.08 Å². The highest BCUT2D eigenvalue weighted by molar-refractivity contribution is 5.50. The van der Waals surface area contributed by atoms with E-state index in [0.717, 1.165) is 22.8 Å². The summed E-state index contributed by atoms with van der Waals surface area (Å²) in [5, 5.41) is 19.9. The van der Waals surface area contributed by atoms with Crippen molar-refractivity contribution in [1.29, 1.82) is 5.26 Å². The van der Waals surface area contributed by atoms with E-state index in [-0.39, 0.29) is 18.6 Å². The summed E-state index contributed by atoms with van der Waals surface area (Å²) < 4.78 is 25.0. The maximum atomic E-state index is 12.6. The average Bonchev–Trinajstić information content (AvgIpc) is 3.41. The Balaban J connectivity index is 1.52. The third-order valence-corrected chi connectivity index (χ3v) is 7.48. The first-order valence-electron chi connectivity index (χ1n) is 13.6. The van der Waals surface area contributed by atoms with Gasteiger partial charge in [0.15, 0.2) is 0 Å². The number of aliphatic hydroxyl groups excluding tert-OH is 1. The highest BCUT2D eigenvalue weighted by Crippen LogP contribution is 2.42. The number of allylic oxidation sites excluding steroid dienone is 1. The first-order valence-corrected chi connectivity index (χ1v) is 13.6. The number of aromatic amines is 1. The second kappa shape index (κ2) is 12.9. The number of H-pyrrole nitrogens is 1. The third kappa shape index (κ3) is 6.01. The van der Waals surface area contributed by atoms with Gasteiger partial charge in [-0.2, -0.15) is 5.26 Å². The van der Waals surface area contributed by atoms with E-state index in [4.69, 9.17) is 24.2 Å². The lowest BCUT2D eigenvalue weighted by Crippen LogP contribution is -2.38. The van der Waals surface area contributed by atoms with E-state index < -0.39 is 35.3 Å². The standard InChI is InChI=1S/C33H31N3O7/c1-40-26-14-10-24(11-15-26)33(23-8-4-3-5-9-23,25-12-16-27(41-2)17-13-25)42-21-29-28(37)19-30(43-29)36-20-22(7-6-18-34)31(38)35-32(36)39/h3-17,20,28-30,37H,19,21H2,1-2H3,(H,35,38,39)/b7-6+/t28-,29+,30-/m0/s1. The summed E-state index contributed by atoms with van der Waals surface area (Å²) in [5.74, 6) is 1.38. The van der Waals surface area contributed by atoms with E-state index >= 15 is 0 Å². The Morgan fingerprint density at radius 2 is 1.56 bits per heavy atom. The fraction of sp³-hybridized carbons (Fsp3) is 0.242. The second-order valence-corrected chi connectivity index (χ2v) is 9.96. The van der Waals surface area contributed by atoms with Crippen LogP contribution >= 0.6 is 0 Å². The Labute approximate surface area is 248 Å². The topological polar surface area (TPSA) is 136 Å². The molecule has 0 aliphatic carbocycles. The lowest BCUT2D eigenvalue weighted by molar-refractivity contribution is -0.0944. The SMILES string of the molecule is COc1ccc(C(OC[C@H]2O[C@H](n3cc(/C=C/C#N)c(=O)[nH]c3=O)C[C@@H]2O)(c2ccccc2)c2ccc(OC)cc2)cc1. The fourth-order valence-electron chi connectivity index (χ4n) is 5.28. The van der Waals surface area contributed by atoms with Crippen LogP contribution in [0.5, 0.6) is 11.5 Å². The Hall–Kier alpha value is -4.95. The maximum absolute atomic E-state index is 12.6. The van der Waals surface area contributed by atoms with Crippen LogP contribution in [0.4, 0.5) is 0 Å². The number of aliphatic hydroxyl groups is 1. The molecule has 0 amide bonds. The molecule has 1 aliphatic heterocycles. The van der Waals surface area contributed by atoms with Gasteiger partial charge >= 0.3 is 5.69 Å². The molecule has 10 nitrogen and oxygen atoms in total. The van der Waals surface area contributed by atoms with Gasteiger partial charge in [0.2, 0.25) is 0 Å². The van der Waals surface area contributed by atoms with Crippen molar-refractivity contribution in [3.63, 3.8) is 0 Å². The molecule has 43 heavy (non-hydrogen) atoms. The predicted octanol–water partition coefficient (Wildman–Crippen LogP) is 3.75. The highest BCUT2D eigenvalue weighted by Gasteiger charge is 2.42. The zero-order chi connectivity index (χ0) is 30.4. The average molecular weight is 582 g/mol. The van der Waals surface area contributed by atoms with Crippen molar-refractivity contribution in [3.8, 4) is 17.6 Å². The minimum Gasteiger partial charge on any atom is -0.497 e. The summed E-state index contributed by atoms with van der Waals surface area (Å²) in [5.41, 5.74) is 0.163. The zero-order valence-corrected chi connectivity index (χ0v) is 23.7. The van der Waals surface area contributed by atoms with Crippen molar-refractivity contribution in [2.24, 2.45) is 0 Å². The predicted molar refractivity (Wildman–Crippen MR) is 159 cm³/mol. The molecule has 220 valence electrons. The summed E-state index contributed by atoms with van der Waals surface area (Å²) in [7, 11) is 3.20. The first kappa shape index (κ1) is 29.5. The van der Waals surface area contributed by atoms with Crippen LogP contribution in [0, 0.1) is 11.3 Å². The van der Waals surface area contributed by atoms with E-state index in [2.05, 4.69) is 4.98 Å². The van der Waals surface area contributed by atoms with Gasteiger partial charge in [-0.1, -0.05) is 54.6 Å². The molecule has 3 aromatic carbocycles. The van der Waals surface area contributed by atoms with Crippen LogP contribution < -0.4 is 20.7 Å². The number of rotatable bonds is 10. The largest absolute Gasteiger partial charge is 0.497 e. The van der Waals surface area contributed by atoms with E-state index in [1.807, 2.05) is 84.9 Å². The summed E-state index contributed by atoms with van der Waals surface area (Å²) >= 11 is 0. The number of nitrogens with one attached hydrogen (secondary N) is 1. The second-order valence-electron chi connectivity index (χ2n) is 9.96. The van der Waals surface area contributed by atoms with Crippen molar-refractivity contribution < 1.29 is 24.1 Å². The van der Waals surface area contributed by atoms with Crippen molar-refractivity contribution in [2.45, 2.75) is 30.5 Å². The quantitative estimate of drug-likeness (QED) is 0.214. The van der Waals surface area contributed by atoms with Crippen molar-refractivity contribution in [2.75, 3.05) is 20.8 Å². The minimum atomic E-state index is -1.12. The fourth-order valence-corrected chi connectivity index (χ4v) is 5.28. The van der Waals surface area contributed by atoms with Gasteiger partial charge in [0.1, 0.15) is 29.4 Å². The lowest BCUT2D eigenvalue weighted by atomic mass is 9.80. The van der Waals surface area contributed by atoms with Crippen LogP contribution in [0.1, 0.15) is 34.9 Å². The van der Waals surface area contributed by atoms with E-state index in [1.165, 1.54) is 16.8 Å². The minimum absolute atomic E-state index is 0.0378. The molecule has 0 saturated carbocycles. The molecule has 3 atom stereocenters. The zero-order valence-electron chi connectivity index (χ0n) is 23.7. The number of aromatic nitrogens is 2. The Morgan fingerprint density at radius 1 is 0.977 bits per heavy atom. The van der Waals surface area contributed by atoms with Crippen LogP contribution in [-0.4, -0.2) is 47.7 Å². The molecule has 1 fully saturated rings. The van der Waals surface area contributed by atoms with E-state index in [1.54, 1.807) is 14.2 Å². The third-order valence-electron chi connectivity index (χ3n) is 7.48. The normalized spacial score (nSPS) is 18.4. The van der Waals surface area contributed by atoms with Crippen LogP contribution in [-0.2, 0) is 15.1 Å². The smallest absolute Gasteiger partial charge is 0.330 e. The van der Waals surface area contributed by atoms with Gasteiger partial charge in [-0.3, -0.25) is 14.3 Å². The van der Waals surface area contributed by atoms with Crippen molar-refractivity contribution in [3.05, 3.63) is 134 Å². The van der Waals surface area contributed by atoms with Gasteiger partial charge in [-0.15, -0.1) is 0 Å². The molecular formula is C33H31N3O7. The Morgan fingerprint density at radius 3 is 2.12 bits per heavy atom. The molecule has 2 N–H and O–H groups in total. The number of benzene rings is 3. The van der Waals surface area contributed by atoms with Crippen molar-refractivity contribution in [1.82, 2.24) is 9.55 Å². The highest BCUT2D eigenvalue weighted by atomic mass is 16.6. The van der Waals surface area contributed by atoms with Crippen LogP contribution in [0.25, 0.3) is 6.08 Å². The number of nitriles is 1. The van der Waals surface area contributed by atoms with Gasteiger partial charge in [-0.25, -0.2) is 4.79 Å². The number of nitrogens with zero attached hydrogens (tertiary/aromatic N) is 2. The summed E-state index contributed by atoms with van der Waals surface area (Å²) in [6.45, 7) is -0.0378. The number of ether oxygens (including phenoxy) is 4. The molecule has 2 heterocycles. The lowest BCUT2D eigenvalue weighted by Gasteiger charge is -2.37. The molecule has 0 spiro atoms. The monoisotopic (exact) mass is 581 g/mol. The molecule has 4 aromatic rings. The van der Waals surface area contributed by atoms with Gasteiger partial charge in [0, 0.05) is 18.7 Å². The number of methoxy groups -OCH3 is 2. The summed E-state index contributed by atoms with van der Waals surface area (Å²) in [4.78, 5) is 27.1. The number of hydrogen-bond donors (Lipinski definition) is 2. The van der Waals surface area contributed by atoms with Gasteiger partial charge in [-0.05, 0) is 47.0 Å². The molecule has 1 aromatic heterocycles. The molecule has 1 saturated heterocycles. The first-order chi connectivity index (χ1) is 20.9. The van der Waals surface area contributed by atoms with Gasteiger partial charge in [0.05, 0.1) is 38.6 Å². The van der Waals surface area contributed by atoms with E-state index in [0.29, 0.717) is 11.5 Å². The summed E-state index contributed by atoms with van der Waals surface area (Å²) in [6, 6.07) is 26.7. The van der Waals surface area contributed by atoms with Gasteiger partial charge < -0.3 is 24.1 Å². The Kier molecular flexibility index (Phi) is 8.87. The summed E-state index contributed by atoms with van der Waals surface area (Å²) in [6.07, 6.45) is 1.21. The molecule has 0 bridgehead atoms. The van der Waals surface area contributed by atoms with Gasteiger partial charge in [0.25, 0.3) is 5.56 Å². The molecule has 0 radical (unpaired) electrons. The molecular weight excluding hydrogens is 550 g/mol. The molecule has 5 rings (SSSR count). The Bertz CT molecular complexity index is 1670. The molecule has 10 heteroatoms. The van der Waals surface area contributed by atoms with Crippen LogP contribution in [0.3, 0.4) is 0 Å². The van der Waals surface area contributed by atoms with E-state index in [9.17, 15) is 14.7 Å². The van der Waals surface area contributed by atoms with Crippen LogP contribution in [0.2, 0.25) is 0 Å².